The molecule has 1 aliphatic heterocycles. The molecule has 18 aromatic carbocycles. The van der Waals surface area contributed by atoms with E-state index in [-0.39, 0.29) is 33.2 Å². The summed E-state index contributed by atoms with van der Waals surface area (Å²) in [6.07, 6.45) is 9.87. The number of phenolic OH excluding ortho intramolecular Hbond substituents is 1. The molecule has 0 saturated heterocycles. The predicted octanol–water partition coefficient (Wildman–Crippen LogP) is 32.6. The second kappa shape index (κ2) is 36.7. The zero-order valence-electron chi connectivity index (χ0n) is 77.6. The van der Waals surface area contributed by atoms with Crippen molar-refractivity contribution in [3.63, 3.8) is 0 Å². The number of allylic oxidation sites excluding steroid dienone is 2. The molecule has 0 bridgehead atoms. The van der Waals surface area contributed by atoms with E-state index >= 15 is 0 Å². The van der Waals surface area contributed by atoms with Crippen molar-refractivity contribution in [1.82, 2.24) is 59.8 Å². The normalized spacial score (nSPS) is 11.7. The lowest BCUT2D eigenvalue weighted by Gasteiger charge is -2.18. The van der Waals surface area contributed by atoms with Crippen LogP contribution in [0.2, 0.25) is 0 Å². The lowest BCUT2D eigenvalue weighted by atomic mass is 9.90. The van der Waals surface area contributed by atoms with Gasteiger partial charge in [-0.2, -0.15) is 0 Å². The third-order valence-electron chi connectivity index (χ3n) is 27.0. The smallest absolute Gasteiger partial charge is 0.336 e. The van der Waals surface area contributed by atoms with E-state index in [0.29, 0.717) is 39.0 Å². The van der Waals surface area contributed by atoms with E-state index < -0.39 is 11.9 Å². The van der Waals surface area contributed by atoms with Gasteiger partial charge in [-0.1, -0.05) is 230 Å². The summed E-state index contributed by atoms with van der Waals surface area (Å²) in [4.78, 5) is 88.0. The lowest BCUT2D eigenvalue weighted by molar-refractivity contribution is 0.0686. The number of para-hydroxylation sites is 1. The van der Waals surface area contributed by atoms with Crippen molar-refractivity contribution in [3.8, 4) is 73.8 Å². The molecule has 0 fully saturated rings. The molecule has 26 heteroatoms. The highest BCUT2D eigenvalue weighted by atomic mass is 79.9. The van der Waals surface area contributed by atoms with Gasteiger partial charge >= 0.3 is 11.9 Å². The highest BCUT2D eigenvalue weighted by Gasteiger charge is 2.27. The number of aromatic hydroxyl groups is 1. The average molecular weight is 2110 g/mol. The molecule has 13 N–H and O–H groups in total. The van der Waals surface area contributed by atoms with Crippen LogP contribution < -0.4 is 16.1 Å². The van der Waals surface area contributed by atoms with Gasteiger partial charge in [-0.05, 0) is 214 Å². The maximum atomic E-state index is 12.8. The van der Waals surface area contributed by atoms with Crippen LogP contribution >= 0.6 is 60.0 Å². The number of anilines is 2. The molecule has 0 spiro atoms. The maximum Gasteiger partial charge on any atom is 0.336 e. The van der Waals surface area contributed by atoms with Crippen LogP contribution in [0.25, 0.3) is 258 Å². The monoisotopic (exact) mass is 2110 g/mol. The third-order valence-corrected chi connectivity index (χ3v) is 28.7. The standard InChI is InChI=1S/C44H26BrN5O5S.C24H14BrN3O2.C24H16BrN3.C24H14N4.C4H8/c45-21-5-14-36-32(15-21)35(20-46-36)42-49-40-29-4-2-1-3-26(29)27-10-6-22(16-33(27)41(40)50-42)47-44(56)48-23-7-11-28(34(17-23)43(53)54)39-30-12-8-24(51)18-37(30)55-38-19-25(52)9-13-31(38)39;25-13-6-8-20-17(10-13)19(11-26-20)23-27-21-16-4-2-1-3-14(16)15-7-5-12(24(29)30)9-18(15)22(21)28-23;1-13-21(18-8-4-5-9-20(18)26-13)24-27-22-17-7-3-2-6-15(17)16-11-10-14(25)12-19(16)23(22)28-24;1-25-14-10-11-21-19(12-14)20(13-26-21)24-27-22-17-8-4-2-6-15(17)16-7-3-5-9-18(16)23(22)28-24;1-3-4-2/h1-20,46,51H,(H,49,50)(H,53,54)(H2,47,48,56);1-11,26H,(H,27,28)(H,29,30);2-12,26H,1H3,(H,27,28);2-13,26H,(H,27,28);3-4H,1-2H3/b;;;;4-3-. The van der Waals surface area contributed by atoms with Gasteiger partial charge in [-0.15, -0.1) is 0 Å². The second-order valence-electron chi connectivity index (χ2n) is 35.6. The molecule has 0 unspecified atom stereocenters. The van der Waals surface area contributed by atoms with Gasteiger partial charge in [-0.25, -0.2) is 34.4 Å². The number of thiocarbonyl (C=S) groups is 1. The number of H-pyrrole nitrogens is 8. The molecular formula is C120H78Br3N15O7S. The van der Waals surface area contributed by atoms with E-state index in [1.165, 1.54) is 62.6 Å². The Balaban J connectivity index is 0.000000108. The van der Waals surface area contributed by atoms with Gasteiger partial charge in [0.15, 0.2) is 16.2 Å². The molecule has 28 rings (SSSR count). The highest BCUT2D eigenvalue weighted by molar-refractivity contribution is 9.11. The summed E-state index contributed by atoms with van der Waals surface area (Å²) in [5.41, 5.74) is 20.5. The zero-order chi connectivity index (χ0) is 99.6. The van der Waals surface area contributed by atoms with Gasteiger partial charge < -0.3 is 70.2 Å². The summed E-state index contributed by atoms with van der Waals surface area (Å²) >= 11 is 16.5. The molecular weight excluding hydrogens is 2040 g/mol. The number of hydrogen-bond acceptors (Lipinski definition) is 10. The predicted molar refractivity (Wildman–Crippen MR) is 608 cm³/mol. The summed E-state index contributed by atoms with van der Waals surface area (Å²) in [6.45, 7) is 13.4. The van der Waals surface area contributed by atoms with E-state index in [1.807, 2.05) is 130 Å². The molecule has 22 nitrogen and oxygen atoms in total. The SMILES string of the molecule is C/C=C\C.Cc1[nH]c2ccccc2c1-c1nc2c3cc(Br)ccc3c3ccccc3c2[nH]1.O=C(O)c1cc(NC(=S)Nc2ccc3c4ccccc4c4nc(-c5c[nH]c6ccc(Br)cc56)[nH]c4c3c2)ccc1-c1c2ccc(=O)cc-2oc2cc(O)ccc12.O=C(O)c1ccc2c3ccccc3c3[nH]c(-c4c[nH]c5ccc(Br)cc45)nc3c2c1.[C-]#[N+]c1ccc2[nH]cc(-c3nc4c5ccccc5c5ccccc5c4[nH]3)c2c1. The van der Waals surface area contributed by atoms with Gasteiger partial charge in [0.25, 0.3) is 0 Å². The van der Waals surface area contributed by atoms with Crippen molar-refractivity contribution >= 4 is 279 Å². The number of fused-ring (bicyclic) bond motifs is 30. The minimum absolute atomic E-state index is 0.00320. The number of benzene rings is 19. The number of rotatable bonds is 9. The van der Waals surface area contributed by atoms with Crippen molar-refractivity contribution in [2.24, 2.45) is 0 Å². The fourth-order valence-corrected chi connectivity index (χ4v) is 21.6. The Bertz CT molecular complexity index is 10400. The van der Waals surface area contributed by atoms with Crippen LogP contribution in [0.1, 0.15) is 40.3 Å². The number of aryl methyl sites for hydroxylation is 1. The summed E-state index contributed by atoms with van der Waals surface area (Å²) in [5.74, 6) is 1.34. The summed E-state index contributed by atoms with van der Waals surface area (Å²) in [7, 11) is 0. The Morgan fingerprint density at radius 2 is 0.781 bits per heavy atom. The number of aromatic carboxylic acids is 2. The van der Waals surface area contributed by atoms with Crippen LogP contribution in [0.3, 0.4) is 0 Å². The minimum Gasteiger partial charge on any atom is -0.508 e. The van der Waals surface area contributed by atoms with Gasteiger partial charge in [0.1, 0.15) is 40.4 Å². The number of aromatic nitrogens is 12. The Labute approximate surface area is 858 Å². The van der Waals surface area contributed by atoms with Gasteiger partial charge in [0.05, 0.1) is 61.8 Å². The molecule has 2 aliphatic rings. The zero-order valence-corrected chi connectivity index (χ0v) is 83.2. The Kier molecular flexibility index (Phi) is 22.8. The number of imidazole rings is 4. The number of aromatic amines is 8. The molecule has 1 aliphatic carbocycles. The largest absolute Gasteiger partial charge is 0.508 e. The summed E-state index contributed by atoms with van der Waals surface area (Å²) < 4.78 is 8.99. The van der Waals surface area contributed by atoms with E-state index in [1.54, 1.807) is 36.4 Å². The third kappa shape index (κ3) is 15.9. The van der Waals surface area contributed by atoms with Crippen molar-refractivity contribution in [2.75, 3.05) is 10.6 Å². The molecule has 0 atom stereocenters. The quantitative estimate of drug-likeness (QED) is 0.0210. The number of carboxylic acid groups (broad SMARTS) is 2. The Hall–Kier alpha value is -18.1. The first-order chi connectivity index (χ1) is 71.2. The average Bonchev–Trinajstić information content (AvgIpc) is 1.49. The van der Waals surface area contributed by atoms with Crippen LogP contribution in [-0.4, -0.2) is 92.2 Å². The fraction of sp³-hybridized carbons (Fsp3) is 0.0250. The number of carboxylic acids is 2. The van der Waals surface area contributed by atoms with Gasteiger partial charge in [0.2, 0.25) is 0 Å². The van der Waals surface area contributed by atoms with Gasteiger partial charge in [-0.3, -0.25) is 4.79 Å². The first kappa shape index (κ1) is 90.4. The molecule has 0 amide bonds. The fourth-order valence-electron chi connectivity index (χ4n) is 20.3. The van der Waals surface area contributed by atoms with E-state index in [0.717, 1.165) is 212 Å². The summed E-state index contributed by atoms with van der Waals surface area (Å²) in [5, 5.41) is 59.2. The molecule has 146 heavy (non-hydrogen) atoms. The van der Waals surface area contributed by atoms with E-state index in [9.17, 15) is 29.7 Å². The number of nitrogens with zero attached hydrogens (tertiary/aromatic N) is 5. The molecule has 8 aromatic heterocycles. The van der Waals surface area contributed by atoms with Crippen molar-refractivity contribution in [2.45, 2.75) is 20.8 Å². The molecule has 26 aromatic rings. The van der Waals surface area contributed by atoms with Crippen LogP contribution in [0.5, 0.6) is 5.75 Å². The molecule has 0 saturated carbocycles. The van der Waals surface area contributed by atoms with E-state index in [2.05, 4.69) is 268 Å². The number of halogens is 3. The number of carbonyl (C=O) groups is 2. The van der Waals surface area contributed by atoms with E-state index in [4.69, 9.17) is 43.1 Å². The Morgan fingerprint density at radius 3 is 1.32 bits per heavy atom. The van der Waals surface area contributed by atoms with Crippen LogP contribution in [0.15, 0.2) is 363 Å². The summed E-state index contributed by atoms with van der Waals surface area (Å²) in [6, 6.07) is 99.6. The minimum atomic E-state index is -1.16. The topological polar surface area (TPSA) is 331 Å². The maximum absolute atomic E-state index is 12.8. The molecule has 0 radical (unpaired) electrons. The van der Waals surface area contributed by atoms with Gasteiger partial charge in [0, 0.05) is 181 Å². The van der Waals surface area contributed by atoms with Crippen molar-refractivity contribution < 1.29 is 29.3 Å². The van der Waals surface area contributed by atoms with Crippen molar-refractivity contribution in [3.05, 3.63) is 392 Å². The van der Waals surface area contributed by atoms with Crippen molar-refractivity contribution in [1.29, 1.82) is 0 Å². The van der Waals surface area contributed by atoms with Crippen LogP contribution in [0.4, 0.5) is 17.1 Å². The number of hydrogen-bond donors (Lipinski definition) is 13. The Morgan fingerprint density at radius 1 is 0.370 bits per heavy atom. The number of nitrogens with one attached hydrogen (secondary N) is 10. The first-order valence-electron chi connectivity index (χ1n) is 46.8. The number of phenols is 1. The molecule has 9 heterocycles. The van der Waals surface area contributed by atoms with Crippen LogP contribution in [0, 0.1) is 13.5 Å². The van der Waals surface area contributed by atoms with Crippen LogP contribution in [-0.2, 0) is 0 Å². The lowest BCUT2D eigenvalue weighted by Crippen LogP contribution is -2.19. The second-order valence-corrected chi connectivity index (χ2v) is 38.8. The highest BCUT2D eigenvalue weighted by Crippen LogP contribution is 2.48. The first-order valence-corrected chi connectivity index (χ1v) is 49.6. The molecule has 702 valence electrons.